The first-order valence-electron chi connectivity index (χ1n) is 12.0. The van der Waals surface area contributed by atoms with Gasteiger partial charge in [0.15, 0.2) is 5.78 Å². The molecule has 0 aromatic heterocycles. The van der Waals surface area contributed by atoms with Crippen molar-refractivity contribution in [2.75, 3.05) is 6.61 Å². The van der Waals surface area contributed by atoms with Gasteiger partial charge in [0.1, 0.15) is 19.3 Å². The molecule has 3 aromatic rings. The number of hydrogen-bond donors (Lipinski definition) is 3. The fourth-order valence-corrected chi connectivity index (χ4v) is 3.78. The monoisotopic (exact) mass is 488 g/mol. The average molecular weight is 489 g/mol. The Balaban J connectivity index is 1.65. The van der Waals surface area contributed by atoms with Gasteiger partial charge in [0.05, 0.1) is 6.04 Å². The lowest BCUT2D eigenvalue weighted by Gasteiger charge is -2.22. The fourth-order valence-electron chi connectivity index (χ4n) is 3.78. The summed E-state index contributed by atoms with van der Waals surface area (Å²) in [5.41, 5.74) is 2.86. The van der Waals surface area contributed by atoms with Crippen molar-refractivity contribution >= 4 is 17.8 Å². The van der Waals surface area contributed by atoms with E-state index in [-0.39, 0.29) is 6.61 Å². The summed E-state index contributed by atoms with van der Waals surface area (Å²) in [5.74, 6) is -0.977. The summed E-state index contributed by atoms with van der Waals surface area (Å²) in [4.78, 5) is 38.1. The van der Waals surface area contributed by atoms with Crippen LogP contribution in [0.25, 0.3) is 0 Å². The molecule has 3 aromatic carbocycles. The number of Topliss-reactive ketones (excluding diaryl/α,β-unsaturated/α-hetero) is 1. The van der Waals surface area contributed by atoms with E-state index < -0.39 is 36.5 Å². The van der Waals surface area contributed by atoms with Gasteiger partial charge in [0, 0.05) is 0 Å². The van der Waals surface area contributed by atoms with E-state index in [4.69, 9.17) is 4.74 Å². The lowest BCUT2D eigenvalue weighted by molar-refractivity contribution is -0.130. The van der Waals surface area contributed by atoms with Crippen molar-refractivity contribution < 1.29 is 24.2 Å². The number of ether oxygens (including phenoxy) is 1. The summed E-state index contributed by atoms with van der Waals surface area (Å²) in [5, 5.41) is 14.8. The molecule has 36 heavy (non-hydrogen) atoms. The number of aliphatic hydroxyl groups excluding tert-OH is 1. The first-order chi connectivity index (χ1) is 17.5. The van der Waals surface area contributed by atoms with Crippen LogP contribution in [0.1, 0.15) is 29.5 Å². The Morgan fingerprint density at radius 1 is 0.667 bits per heavy atom. The van der Waals surface area contributed by atoms with Gasteiger partial charge in [0.25, 0.3) is 0 Å². The number of aryl methyl sites for hydroxylation is 2. The van der Waals surface area contributed by atoms with Crippen LogP contribution in [0.2, 0.25) is 0 Å². The van der Waals surface area contributed by atoms with Crippen LogP contribution in [-0.4, -0.2) is 41.6 Å². The molecule has 0 saturated carbocycles. The maximum atomic E-state index is 13.2. The number of carbonyl (C=O) groups excluding carboxylic acids is 3. The summed E-state index contributed by atoms with van der Waals surface area (Å²) >= 11 is 0. The molecule has 0 aliphatic heterocycles. The van der Waals surface area contributed by atoms with E-state index in [1.165, 1.54) is 0 Å². The third-order valence-corrected chi connectivity index (χ3v) is 5.81. The number of amides is 2. The van der Waals surface area contributed by atoms with E-state index in [0.717, 1.165) is 16.7 Å². The van der Waals surface area contributed by atoms with Crippen LogP contribution in [0.5, 0.6) is 0 Å². The standard InChI is InChI=1S/C29H32N2O5/c32-20-27(33)25(18-16-22-10-4-1-5-11-22)30-28(34)26(19-17-23-12-6-2-7-13-23)31-29(35)36-21-24-14-8-3-9-15-24/h1-15,25-26,32H,16-21H2,(H,30,34)(H,31,35)/t25-,26-/m0/s1. The van der Waals surface area contributed by atoms with Crippen molar-refractivity contribution in [3.8, 4) is 0 Å². The van der Waals surface area contributed by atoms with Gasteiger partial charge in [-0.3, -0.25) is 9.59 Å². The normalized spacial score (nSPS) is 12.2. The lowest BCUT2D eigenvalue weighted by atomic mass is 10.0. The largest absolute Gasteiger partial charge is 0.445 e. The predicted octanol–water partition coefficient (Wildman–Crippen LogP) is 3.59. The molecule has 0 fully saturated rings. The van der Waals surface area contributed by atoms with Crippen molar-refractivity contribution in [3.63, 3.8) is 0 Å². The second kappa shape index (κ2) is 14.4. The zero-order valence-corrected chi connectivity index (χ0v) is 20.1. The molecule has 3 rings (SSSR count). The van der Waals surface area contributed by atoms with Crippen LogP contribution in [0.15, 0.2) is 91.0 Å². The van der Waals surface area contributed by atoms with Crippen molar-refractivity contribution in [2.45, 2.75) is 44.4 Å². The molecule has 188 valence electrons. The molecule has 0 spiro atoms. The first kappa shape index (κ1) is 26.6. The summed E-state index contributed by atoms with van der Waals surface area (Å²) < 4.78 is 5.30. The van der Waals surface area contributed by atoms with E-state index in [0.29, 0.717) is 25.7 Å². The summed E-state index contributed by atoms with van der Waals surface area (Å²) in [6, 6.07) is 26.7. The minimum absolute atomic E-state index is 0.0718. The number of aliphatic hydroxyl groups is 1. The smallest absolute Gasteiger partial charge is 0.408 e. The maximum Gasteiger partial charge on any atom is 0.408 e. The highest BCUT2D eigenvalue weighted by atomic mass is 16.5. The molecule has 0 aliphatic rings. The molecule has 0 aliphatic carbocycles. The van der Waals surface area contributed by atoms with Gasteiger partial charge in [0.2, 0.25) is 5.91 Å². The molecule has 0 heterocycles. The van der Waals surface area contributed by atoms with E-state index in [1.807, 2.05) is 91.0 Å². The van der Waals surface area contributed by atoms with Gasteiger partial charge in [-0.05, 0) is 42.4 Å². The molecular weight excluding hydrogens is 456 g/mol. The highest BCUT2D eigenvalue weighted by Gasteiger charge is 2.26. The Bertz CT molecular complexity index is 1090. The van der Waals surface area contributed by atoms with Crippen molar-refractivity contribution in [1.82, 2.24) is 10.6 Å². The number of ketones is 1. The van der Waals surface area contributed by atoms with Gasteiger partial charge in [-0.25, -0.2) is 4.79 Å². The third kappa shape index (κ3) is 9.00. The zero-order chi connectivity index (χ0) is 25.6. The summed E-state index contributed by atoms with van der Waals surface area (Å²) in [7, 11) is 0. The van der Waals surface area contributed by atoms with Crippen LogP contribution in [-0.2, 0) is 33.8 Å². The van der Waals surface area contributed by atoms with Crippen molar-refractivity contribution in [3.05, 3.63) is 108 Å². The Labute approximate surface area is 211 Å². The molecule has 2 atom stereocenters. The number of alkyl carbamates (subject to hydrolysis) is 1. The number of rotatable bonds is 13. The zero-order valence-electron chi connectivity index (χ0n) is 20.1. The highest BCUT2D eigenvalue weighted by molar-refractivity contribution is 5.92. The first-order valence-corrected chi connectivity index (χ1v) is 12.0. The van der Waals surface area contributed by atoms with Gasteiger partial charge in [-0.1, -0.05) is 91.0 Å². The minimum atomic E-state index is -0.917. The second-order valence-electron chi connectivity index (χ2n) is 8.49. The van der Waals surface area contributed by atoms with Crippen LogP contribution in [0.4, 0.5) is 4.79 Å². The molecule has 0 unspecified atom stereocenters. The molecule has 7 heteroatoms. The lowest BCUT2D eigenvalue weighted by Crippen LogP contribution is -2.52. The molecule has 0 radical (unpaired) electrons. The Morgan fingerprint density at radius 3 is 1.64 bits per heavy atom. The van der Waals surface area contributed by atoms with Crippen LogP contribution >= 0.6 is 0 Å². The van der Waals surface area contributed by atoms with Gasteiger partial charge in [-0.2, -0.15) is 0 Å². The van der Waals surface area contributed by atoms with E-state index >= 15 is 0 Å². The van der Waals surface area contributed by atoms with Crippen LogP contribution in [0.3, 0.4) is 0 Å². The Hall–Kier alpha value is -3.97. The highest BCUT2D eigenvalue weighted by Crippen LogP contribution is 2.10. The average Bonchev–Trinajstić information content (AvgIpc) is 2.93. The molecule has 2 amide bonds. The van der Waals surface area contributed by atoms with E-state index in [9.17, 15) is 19.5 Å². The Kier molecular flexibility index (Phi) is 10.7. The SMILES string of the molecule is O=C(N[C@@H](CCc1ccccc1)C(=O)N[C@@H](CCc1ccccc1)C(=O)CO)OCc1ccccc1. The molecule has 0 saturated heterocycles. The molecule has 7 nitrogen and oxygen atoms in total. The number of hydrogen-bond acceptors (Lipinski definition) is 5. The van der Waals surface area contributed by atoms with E-state index in [1.54, 1.807) is 0 Å². The second-order valence-corrected chi connectivity index (χ2v) is 8.49. The van der Waals surface area contributed by atoms with Gasteiger partial charge in [-0.15, -0.1) is 0 Å². The maximum absolute atomic E-state index is 13.2. The predicted molar refractivity (Wildman–Crippen MR) is 137 cm³/mol. The molecule has 0 bridgehead atoms. The third-order valence-electron chi connectivity index (χ3n) is 5.81. The van der Waals surface area contributed by atoms with Crippen molar-refractivity contribution in [2.24, 2.45) is 0 Å². The Morgan fingerprint density at radius 2 is 1.14 bits per heavy atom. The summed E-state index contributed by atoms with van der Waals surface area (Å²) in [6.45, 7) is -0.608. The van der Waals surface area contributed by atoms with Crippen LogP contribution < -0.4 is 10.6 Å². The van der Waals surface area contributed by atoms with Gasteiger partial charge < -0.3 is 20.5 Å². The fraction of sp³-hybridized carbons (Fsp3) is 0.276. The molecule has 3 N–H and O–H groups in total. The molecular formula is C29H32N2O5. The summed E-state index contributed by atoms with van der Waals surface area (Å²) in [6.07, 6.45) is 1.02. The topological polar surface area (TPSA) is 105 Å². The van der Waals surface area contributed by atoms with Gasteiger partial charge >= 0.3 is 6.09 Å². The minimum Gasteiger partial charge on any atom is -0.445 e. The quantitative estimate of drug-likeness (QED) is 0.341. The van der Waals surface area contributed by atoms with E-state index in [2.05, 4.69) is 10.6 Å². The van der Waals surface area contributed by atoms with Crippen molar-refractivity contribution in [1.29, 1.82) is 0 Å². The number of benzene rings is 3. The number of carbonyl (C=O) groups is 3. The number of nitrogens with one attached hydrogen (secondary N) is 2. The van der Waals surface area contributed by atoms with Crippen LogP contribution in [0, 0.1) is 0 Å².